The summed E-state index contributed by atoms with van der Waals surface area (Å²) in [5, 5.41) is 3.47. The van der Waals surface area contributed by atoms with E-state index in [9.17, 15) is 0 Å². The van der Waals surface area contributed by atoms with E-state index in [0.29, 0.717) is 0 Å². The van der Waals surface area contributed by atoms with Crippen LogP contribution in [0.5, 0.6) is 0 Å². The van der Waals surface area contributed by atoms with Crippen molar-refractivity contribution in [1.82, 2.24) is 10.2 Å². The van der Waals surface area contributed by atoms with Gasteiger partial charge in [-0.1, -0.05) is 35.0 Å². The fraction of sp³-hybridized carbons (Fsp3) is 0.538. The zero-order valence-corrected chi connectivity index (χ0v) is 11.3. The van der Waals surface area contributed by atoms with Gasteiger partial charge in [-0.05, 0) is 30.2 Å². The summed E-state index contributed by atoms with van der Waals surface area (Å²) in [6, 6.07) is 8.60. The van der Waals surface area contributed by atoms with Crippen molar-refractivity contribution in [3.8, 4) is 0 Å². The molecule has 0 bridgehead atoms. The van der Waals surface area contributed by atoms with Crippen LogP contribution in [0.15, 0.2) is 28.7 Å². The van der Waals surface area contributed by atoms with E-state index in [-0.39, 0.29) is 0 Å². The number of hydrogen-bond acceptors (Lipinski definition) is 2. The van der Waals surface area contributed by atoms with Crippen molar-refractivity contribution in [1.29, 1.82) is 0 Å². The van der Waals surface area contributed by atoms with E-state index < -0.39 is 0 Å². The van der Waals surface area contributed by atoms with Crippen molar-refractivity contribution < 1.29 is 0 Å². The first-order chi connectivity index (χ1) is 7.74. The molecule has 1 aromatic rings. The monoisotopic (exact) mass is 282 g/mol. The molecule has 16 heavy (non-hydrogen) atoms. The van der Waals surface area contributed by atoms with Gasteiger partial charge in [0.15, 0.2) is 0 Å². The van der Waals surface area contributed by atoms with E-state index in [1.807, 2.05) is 0 Å². The fourth-order valence-corrected chi connectivity index (χ4v) is 2.67. The highest BCUT2D eigenvalue weighted by molar-refractivity contribution is 9.10. The molecule has 0 amide bonds. The number of nitrogens with one attached hydrogen (secondary N) is 1. The Balaban J connectivity index is 1.97. The highest BCUT2D eigenvalue weighted by Gasteiger charge is 2.14. The molecule has 0 radical (unpaired) electrons. The van der Waals surface area contributed by atoms with Gasteiger partial charge in [0.25, 0.3) is 0 Å². The lowest BCUT2D eigenvalue weighted by molar-refractivity contribution is 0.257. The first-order valence-electron chi connectivity index (χ1n) is 5.91. The normalized spacial score (nSPS) is 23.0. The summed E-state index contributed by atoms with van der Waals surface area (Å²) in [5.74, 6) is 0.745. The first-order valence-corrected chi connectivity index (χ1v) is 6.71. The third-order valence-electron chi connectivity index (χ3n) is 2.96. The molecule has 1 fully saturated rings. The maximum absolute atomic E-state index is 3.52. The van der Waals surface area contributed by atoms with Crippen molar-refractivity contribution in [2.75, 3.05) is 26.2 Å². The Hall–Kier alpha value is -0.380. The van der Waals surface area contributed by atoms with Crippen molar-refractivity contribution in [2.24, 2.45) is 5.92 Å². The molecule has 0 aromatic heterocycles. The van der Waals surface area contributed by atoms with Crippen LogP contribution in [-0.4, -0.2) is 31.1 Å². The van der Waals surface area contributed by atoms with E-state index in [1.165, 1.54) is 16.6 Å². The summed E-state index contributed by atoms with van der Waals surface area (Å²) >= 11 is 3.52. The predicted octanol–water partition coefficient (Wildman–Crippen LogP) is 2.49. The summed E-state index contributed by atoms with van der Waals surface area (Å²) in [6.45, 7) is 7.97. The third kappa shape index (κ3) is 3.58. The molecule has 1 saturated heterocycles. The number of nitrogens with zero attached hydrogens (tertiary/aromatic N) is 1. The topological polar surface area (TPSA) is 15.3 Å². The largest absolute Gasteiger partial charge is 0.315 e. The lowest BCUT2D eigenvalue weighted by Crippen LogP contribution is -2.28. The molecule has 1 aliphatic rings. The van der Waals surface area contributed by atoms with Gasteiger partial charge in [-0.3, -0.25) is 4.90 Å². The van der Waals surface area contributed by atoms with Gasteiger partial charge in [-0.2, -0.15) is 0 Å². The average Bonchev–Trinajstić information content (AvgIpc) is 2.43. The van der Waals surface area contributed by atoms with Gasteiger partial charge < -0.3 is 5.32 Å². The van der Waals surface area contributed by atoms with Crippen LogP contribution >= 0.6 is 15.9 Å². The highest BCUT2D eigenvalue weighted by atomic mass is 79.9. The number of hydrogen-bond donors (Lipinski definition) is 1. The van der Waals surface area contributed by atoms with Crippen molar-refractivity contribution in [3.05, 3.63) is 34.3 Å². The fourth-order valence-electron chi connectivity index (χ4n) is 2.22. The van der Waals surface area contributed by atoms with E-state index >= 15 is 0 Å². The van der Waals surface area contributed by atoms with E-state index in [4.69, 9.17) is 0 Å². The van der Waals surface area contributed by atoms with Crippen LogP contribution in [0.2, 0.25) is 0 Å². The van der Waals surface area contributed by atoms with Crippen molar-refractivity contribution in [2.45, 2.75) is 13.5 Å². The summed E-state index contributed by atoms with van der Waals surface area (Å²) in [5.41, 5.74) is 1.39. The van der Waals surface area contributed by atoms with Gasteiger partial charge in [0, 0.05) is 30.7 Å². The van der Waals surface area contributed by atoms with Gasteiger partial charge >= 0.3 is 0 Å². The number of halogens is 1. The van der Waals surface area contributed by atoms with Crippen LogP contribution < -0.4 is 5.32 Å². The molecule has 2 nitrogen and oxygen atoms in total. The molecule has 3 heteroatoms. The second-order valence-electron chi connectivity index (χ2n) is 4.67. The maximum atomic E-state index is 3.52. The first kappa shape index (κ1) is 12.1. The van der Waals surface area contributed by atoms with Gasteiger partial charge in [0.05, 0.1) is 0 Å². The minimum absolute atomic E-state index is 0.745. The van der Waals surface area contributed by atoms with Crippen molar-refractivity contribution in [3.63, 3.8) is 0 Å². The smallest absolute Gasteiger partial charge is 0.0234 e. The van der Waals surface area contributed by atoms with Crippen LogP contribution in [0.3, 0.4) is 0 Å². The summed E-state index contributed by atoms with van der Waals surface area (Å²) < 4.78 is 1.17. The Morgan fingerprint density at radius 3 is 3.19 bits per heavy atom. The Morgan fingerprint density at radius 2 is 2.38 bits per heavy atom. The van der Waals surface area contributed by atoms with Gasteiger partial charge in [-0.25, -0.2) is 0 Å². The molecule has 0 spiro atoms. The number of rotatable bonds is 2. The Kier molecular flexibility index (Phi) is 4.38. The Bertz CT molecular complexity index is 340. The minimum atomic E-state index is 0.745. The molecular weight excluding hydrogens is 264 g/mol. The van der Waals surface area contributed by atoms with Crippen molar-refractivity contribution >= 4 is 15.9 Å². The average molecular weight is 283 g/mol. The molecule has 1 unspecified atom stereocenters. The third-order valence-corrected chi connectivity index (χ3v) is 3.46. The standard InChI is InChI=1S/C13H19BrN2/c1-11-8-15-5-6-16(9-11)10-12-3-2-4-13(14)7-12/h2-4,7,11,15H,5-6,8-10H2,1H3. The Labute approximate surface area is 106 Å². The quantitative estimate of drug-likeness (QED) is 0.897. The summed E-state index contributed by atoms with van der Waals surface area (Å²) in [6.07, 6.45) is 0. The molecule has 2 rings (SSSR count). The highest BCUT2D eigenvalue weighted by Crippen LogP contribution is 2.14. The minimum Gasteiger partial charge on any atom is -0.315 e. The molecule has 0 saturated carbocycles. The van der Waals surface area contributed by atoms with Gasteiger partial charge in [0.2, 0.25) is 0 Å². The predicted molar refractivity (Wildman–Crippen MR) is 71.5 cm³/mol. The molecule has 1 aromatic carbocycles. The molecular formula is C13H19BrN2. The lowest BCUT2D eigenvalue weighted by atomic mass is 10.1. The maximum Gasteiger partial charge on any atom is 0.0234 e. The Morgan fingerprint density at radius 1 is 1.50 bits per heavy atom. The zero-order chi connectivity index (χ0) is 11.4. The summed E-state index contributed by atoms with van der Waals surface area (Å²) in [4.78, 5) is 2.53. The molecule has 1 N–H and O–H groups in total. The van der Waals surface area contributed by atoms with Crippen LogP contribution in [0.1, 0.15) is 12.5 Å². The second-order valence-corrected chi connectivity index (χ2v) is 5.59. The molecule has 0 aliphatic carbocycles. The van der Waals surface area contributed by atoms with E-state index in [2.05, 4.69) is 57.3 Å². The molecule has 1 heterocycles. The summed E-state index contributed by atoms with van der Waals surface area (Å²) in [7, 11) is 0. The van der Waals surface area contributed by atoms with Crippen LogP contribution in [0.25, 0.3) is 0 Å². The lowest BCUT2D eigenvalue weighted by Gasteiger charge is -2.21. The molecule has 1 aliphatic heterocycles. The van der Waals surface area contributed by atoms with Crippen LogP contribution in [-0.2, 0) is 6.54 Å². The SMILES string of the molecule is CC1CNCCN(Cc2cccc(Br)c2)C1. The second kappa shape index (κ2) is 5.80. The van der Waals surface area contributed by atoms with E-state index in [1.54, 1.807) is 0 Å². The van der Waals surface area contributed by atoms with Gasteiger partial charge in [0.1, 0.15) is 0 Å². The van der Waals surface area contributed by atoms with E-state index in [0.717, 1.165) is 32.1 Å². The van der Waals surface area contributed by atoms with Crippen LogP contribution in [0, 0.1) is 5.92 Å². The zero-order valence-electron chi connectivity index (χ0n) is 9.75. The van der Waals surface area contributed by atoms with Crippen LogP contribution in [0.4, 0.5) is 0 Å². The molecule has 88 valence electrons. The molecule has 1 atom stereocenters. The van der Waals surface area contributed by atoms with Gasteiger partial charge in [-0.15, -0.1) is 0 Å². The number of benzene rings is 1.